The first-order valence-corrected chi connectivity index (χ1v) is 5.95. The first kappa shape index (κ1) is 13.7. The highest BCUT2D eigenvalue weighted by Gasteiger charge is 2.14. The monoisotopic (exact) mass is 232 g/mol. The molecule has 0 aliphatic rings. The lowest BCUT2D eigenvalue weighted by atomic mass is 10.0. The molecule has 3 heteroatoms. The van der Waals surface area contributed by atoms with E-state index in [0.29, 0.717) is 5.56 Å². The van der Waals surface area contributed by atoms with Crippen molar-refractivity contribution in [2.75, 3.05) is 6.61 Å². The fourth-order valence-corrected chi connectivity index (χ4v) is 1.66. The maximum absolute atomic E-state index is 9.08. The van der Waals surface area contributed by atoms with Crippen LogP contribution in [-0.2, 0) is 0 Å². The van der Waals surface area contributed by atoms with Crippen molar-refractivity contribution in [2.45, 2.75) is 32.9 Å². The molecule has 1 aromatic rings. The lowest BCUT2D eigenvalue weighted by molar-refractivity contribution is 0.202. The summed E-state index contributed by atoms with van der Waals surface area (Å²) in [5, 5.41) is 21.2. The van der Waals surface area contributed by atoms with Crippen molar-refractivity contribution >= 4 is 0 Å². The van der Waals surface area contributed by atoms with Crippen LogP contribution in [0.1, 0.15) is 37.9 Å². The maximum atomic E-state index is 9.08. The third kappa shape index (κ3) is 3.85. The molecule has 0 saturated heterocycles. The van der Waals surface area contributed by atoms with Gasteiger partial charge in [-0.25, -0.2) is 0 Å². The minimum absolute atomic E-state index is 0.189. The van der Waals surface area contributed by atoms with Gasteiger partial charge in [-0.2, -0.15) is 5.26 Å². The number of rotatable bonds is 5. The molecule has 3 nitrogen and oxygen atoms in total. The van der Waals surface area contributed by atoms with Gasteiger partial charge in [-0.1, -0.05) is 19.1 Å². The van der Waals surface area contributed by atoms with E-state index in [1.165, 1.54) is 0 Å². The minimum atomic E-state index is 0.189. The Balaban J connectivity index is 2.63. The Hall–Kier alpha value is -1.37. The van der Waals surface area contributed by atoms with Crippen molar-refractivity contribution < 1.29 is 5.11 Å². The van der Waals surface area contributed by atoms with Gasteiger partial charge in [-0.05, 0) is 37.5 Å². The normalized spacial score (nSPS) is 15.9. The first-order chi connectivity index (χ1) is 8.08. The van der Waals surface area contributed by atoms with Crippen molar-refractivity contribution in [3.8, 4) is 6.07 Å². The fourth-order valence-electron chi connectivity index (χ4n) is 1.66. The van der Waals surface area contributed by atoms with E-state index in [1.54, 1.807) is 0 Å². The van der Waals surface area contributed by atoms with Gasteiger partial charge < -0.3 is 10.4 Å². The van der Waals surface area contributed by atoms with Crippen molar-refractivity contribution in [3.63, 3.8) is 0 Å². The highest BCUT2D eigenvalue weighted by Crippen LogP contribution is 2.15. The maximum Gasteiger partial charge on any atom is 0.0991 e. The largest absolute Gasteiger partial charge is 0.396 e. The molecule has 17 heavy (non-hydrogen) atoms. The van der Waals surface area contributed by atoms with E-state index in [-0.39, 0.29) is 24.6 Å². The van der Waals surface area contributed by atoms with E-state index >= 15 is 0 Å². The first-order valence-electron chi connectivity index (χ1n) is 5.95. The third-order valence-electron chi connectivity index (χ3n) is 3.19. The lowest BCUT2D eigenvalue weighted by Crippen LogP contribution is -2.35. The predicted molar refractivity (Wildman–Crippen MR) is 68.4 cm³/mol. The third-order valence-corrected chi connectivity index (χ3v) is 3.19. The number of hydrogen-bond donors (Lipinski definition) is 2. The van der Waals surface area contributed by atoms with Gasteiger partial charge in [0.2, 0.25) is 0 Å². The molecule has 0 aliphatic carbocycles. The van der Waals surface area contributed by atoms with E-state index in [9.17, 15) is 0 Å². The van der Waals surface area contributed by atoms with Gasteiger partial charge in [0.05, 0.1) is 11.6 Å². The van der Waals surface area contributed by atoms with E-state index in [1.807, 2.05) is 31.2 Å². The Labute approximate surface area is 103 Å². The summed E-state index contributed by atoms with van der Waals surface area (Å²) in [6.45, 7) is 6.36. The van der Waals surface area contributed by atoms with Crippen molar-refractivity contribution in [2.24, 2.45) is 5.92 Å². The van der Waals surface area contributed by atoms with Crippen LogP contribution in [-0.4, -0.2) is 17.8 Å². The van der Waals surface area contributed by atoms with E-state index in [4.69, 9.17) is 10.4 Å². The van der Waals surface area contributed by atoms with Crippen LogP contribution in [0.15, 0.2) is 24.3 Å². The zero-order valence-electron chi connectivity index (χ0n) is 10.6. The second kappa shape index (κ2) is 6.39. The van der Waals surface area contributed by atoms with Crippen LogP contribution in [0, 0.1) is 17.2 Å². The second-order valence-corrected chi connectivity index (χ2v) is 4.57. The fraction of sp³-hybridized carbons (Fsp3) is 0.500. The van der Waals surface area contributed by atoms with Crippen LogP contribution in [0.4, 0.5) is 0 Å². The summed E-state index contributed by atoms with van der Waals surface area (Å²) in [6.07, 6.45) is 0. The zero-order chi connectivity index (χ0) is 12.8. The second-order valence-electron chi connectivity index (χ2n) is 4.57. The molecule has 3 unspecified atom stereocenters. The van der Waals surface area contributed by atoms with Crippen molar-refractivity contribution in [1.29, 1.82) is 5.26 Å². The number of nitriles is 1. The van der Waals surface area contributed by atoms with Gasteiger partial charge in [0.25, 0.3) is 0 Å². The number of aliphatic hydroxyl groups excluding tert-OH is 1. The van der Waals surface area contributed by atoms with Crippen LogP contribution in [0.2, 0.25) is 0 Å². The summed E-state index contributed by atoms with van der Waals surface area (Å²) < 4.78 is 0. The number of nitrogens with zero attached hydrogens (tertiary/aromatic N) is 1. The zero-order valence-corrected chi connectivity index (χ0v) is 10.6. The Morgan fingerprint density at radius 1 is 1.24 bits per heavy atom. The summed E-state index contributed by atoms with van der Waals surface area (Å²) in [6, 6.07) is 10.2. The van der Waals surface area contributed by atoms with Crippen molar-refractivity contribution in [1.82, 2.24) is 5.32 Å². The Bertz CT molecular complexity index is 380. The van der Waals surface area contributed by atoms with Crippen LogP contribution in [0.25, 0.3) is 0 Å². The molecule has 0 fully saturated rings. The summed E-state index contributed by atoms with van der Waals surface area (Å²) in [4.78, 5) is 0. The summed E-state index contributed by atoms with van der Waals surface area (Å²) in [5.41, 5.74) is 1.83. The van der Waals surface area contributed by atoms with Gasteiger partial charge in [-0.3, -0.25) is 0 Å². The Morgan fingerprint density at radius 3 is 2.29 bits per heavy atom. The number of aliphatic hydroxyl groups is 1. The number of benzene rings is 1. The van der Waals surface area contributed by atoms with Crippen LogP contribution in [0.5, 0.6) is 0 Å². The Morgan fingerprint density at radius 2 is 1.82 bits per heavy atom. The summed E-state index contributed by atoms with van der Waals surface area (Å²) in [5.74, 6) is 0.232. The molecule has 0 saturated carbocycles. The smallest absolute Gasteiger partial charge is 0.0991 e. The molecule has 0 aliphatic heterocycles. The summed E-state index contributed by atoms with van der Waals surface area (Å²) in [7, 11) is 0. The molecule has 0 bridgehead atoms. The Kier molecular flexibility index (Phi) is 5.14. The number of nitrogens with one attached hydrogen (secondary N) is 1. The number of hydrogen-bond acceptors (Lipinski definition) is 3. The highest BCUT2D eigenvalue weighted by molar-refractivity contribution is 5.32. The average Bonchev–Trinajstić information content (AvgIpc) is 2.37. The van der Waals surface area contributed by atoms with E-state index in [2.05, 4.69) is 25.2 Å². The van der Waals surface area contributed by atoms with Gasteiger partial charge in [0, 0.05) is 18.7 Å². The van der Waals surface area contributed by atoms with E-state index in [0.717, 1.165) is 5.56 Å². The highest BCUT2D eigenvalue weighted by atomic mass is 16.3. The van der Waals surface area contributed by atoms with Gasteiger partial charge in [0.15, 0.2) is 0 Å². The molecule has 92 valence electrons. The van der Waals surface area contributed by atoms with Gasteiger partial charge in [-0.15, -0.1) is 0 Å². The molecule has 2 N–H and O–H groups in total. The molecule has 1 rings (SSSR count). The standard InChI is InChI=1S/C14H20N2O/c1-10(9-17)11(2)16-12(3)14-6-4-13(8-15)5-7-14/h4-7,10-12,16-17H,9H2,1-3H3. The molecular formula is C14H20N2O. The van der Waals surface area contributed by atoms with E-state index < -0.39 is 0 Å². The quantitative estimate of drug-likeness (QED) is 0.818. The molecule has 1 aromatic carbocycles. The van der Waals surface area contributed by atoms with Crippen LogP contribution in [0.3, 0.4) is 0 Å². The minimum Gasteiger partial charge on any atom is -0.396 e. The van der Waals surface area contributed by atoms with Gasteiger partial charge >= 0.3 is 0 Å². The molecule has 0 radical (unpaired) electrons. The van der Waals surface area contributed by atoms with Crippen LogP contribution < -0.4 is 5.32 Å². The average molecular weight is 232 g/mol. The van der Waals surface area contributed by atoms with Gasteiger partial charge in [0.1, 0.15) is 0 Å². The molecule has 0 amide bonds. The molecule has 0 aromatic heterocycles. The SMILES string of the molecule is CC(NC(C)C(C)CO)c1ccc(C#N)cc1. The summed E-state index contributed by atoms with van der Waals surface area (Å²) >= 11 is 0. The van der Waals surface area contributed by atoms with Crippen LogP contribution >= 0.6 is 0 Å². The molecule has 0 spiro atoms. The molecule has 3 atom stereocenters. The molecule has 0 heterocycles. The van der Waals surface area contributed by atoms with Crippen molar-refractivity contribution in [3.05, 3.63) is 35.4 Å². The topological polar surface area (TPSA) is 56.0 Å². The molecular weight excluding hydrogens is 212 g/mol. The predicted octanol–water partition coefficient (Wildman–Crippen LogP) is 2.23. The lowest BCUT2D eigenvalue weighted by Gasteiger charge is -2.24.